The first kappa shape index (κ1) is 23.5. The number of likely N-dealkylation sites (tertiary alicyclic amines) is 1. The van der Waals surface area contributed by atoms with Crippen molar-refractivity contribution in [3.8, 4) is 6.07 Å². The monoisotopic (exact) mass is 485 g/mol. The van der Waals surface area contributed by atoms with Crippen LogP contribution in [-0.4, -0.2) is 66.1 Å². The van der Waals surface area contributed by atoms with E-state index >= 15 is 0 Å². The second kappa shape index (κ2) is 10.5. The molecule has 0 aromatic heterocycles. The molecule has 1 fully saturated rings. The van der Waals surface area contributed by atoms with Crippen molar-refractivity contribution in [1.82, 2.24) is 15.1 Å². The Morgan fingerprint density at radius 3 is 2.67 bits per heavy atom. The molecule has 1 aromatic carbocycles. The number of rotatable bonds is 5. The zero-order valence-electron chi connectivity index (χ0n) is 18.2. The average molecular weight is 486 g/mol. The van der Waals surface area contributed by atoms with Gasteiger partial charge in [0.15, 0.2) is 0 Å². The minimum Gasteiger partial charge on any atom is -0.343 e. The van der Waals surface area contributed by atoms with Crippen LogP contribution in [0.4, 0.5) is 0 Å². The summed E-state index contributed by atoms with van der Waals surface area (Å²) in [7, 11) is 0. The molecule has 33 heavy (non-hydrogen) atoms. The number of amides is 2. The molecule has 1 aromatic rings. The van der Waals surface area contributed by atoms with Gasteiger partial charge in [-0.05, 0) is 48.6 Å². The highest BCUT2D eigenvalue weighted by molar-refractivity contribution is 6.42. The van der Waals surface area contributed by atoms with Crippen molar-refractivity contribution in [2.45, 2.75) is 31.7 Å². The molecule has 7 nitrogen and oxygen atoms in total. The molecule has 172 valence electrons. The van der Waals surface area contributed by atoms with Crippen LogP contribution in [-0.2, 0) is 4.79 Å². The van der Waals surface area contributed by atoms with Gasteiger partial charge in [-0.1, -0.05) is 29.3 Å². The minimum absolute atomic E-state index is 0.0464. The Morgan fingerprint density at radius 2 is 2.00 bits per heavy atom. The summed E-state index contributed by atoms with van der Waals surface area (Å²) in [6.07, 6.45) is 7.56. The highest BCUT2D eigenvalue weighted by atomic mass is 35.5. The zero-order chi connectivity index (χ0) is 23.4. The van der Waals surface area contributed by atoms with Crippen LogP contribution in [0, 0.1) is 11.3 Å². The van der Waals surface area contributed by atoms with Gasteiger partial charge in [-0.15, -0.1) is 0 Å². The van der Waals surface area contributed by atoms with Crippen molar-refractivity contribution >= 4 is 40.7 Å². The first-order valence-electron chi connectivity index (χ1n) is 11.0. The van der Waals surface area contributed by atoms with Crippen molar-refractivity contribution in [2.75, 3.05) is 32.7 Å². The second-order valence-corrected chi connectivity index (χ2v) is 9.22. The summed E-state index contributed by atoms with van der Waals surface area (Å²) in [6.45, 7) is 3.11. The molecule has 0 aliphatic carbocycles. The fourth-order valence-electron chi connectivity index (χ4n) is 4.45. The van der Waals surface area contributed by atoms with Crippen molar-refractivity contribution < 1.29 is 9.59 Å². The Balaban J connectivity index is 1.25. The van der Waals surface area contributed by atoms with Crippen LogP contribution in [0.5, 0.6) is 0 Å². The molecule has 0 bridgehead atoms. The van der Waals surface area contributed by atoms with Gasteiger partial charge in [0.2, 0.25) is 5.91 Å². The first-order chi connectivity index (χ1) is 15.9. The van der Waals surface area contributed by atoms with Crippen LogP contribution >= 0.6 is 23.2 Å². The lowest BCUT2D eigenvalue weighted by Gasteiger charge is -2.32. The van der Waals surface area contributed by atoms with Gasteiger partial charge in [0.1, 0.15) is 11.8 Å². The van der Waals surface area contributed by atoms with E-state index in [9.17, 15) is 9.59 Å². The second-order valence-electron chi connectivity index (χ2n) is 8.41. The van der Waals surface area contributed by atoms with E-state index in [4.69, 9.17) is 28.5 Å². The van der Waals surface area contributed by atoms with Crippen molar-refractivity contribution in [3.05, 3.63) is 57.2 Å². The molecule has 3 aliphatic rings. The molecule has 4 rings (SSSR count). The van der Waals surface area contributed by atoms with Crippen LogP contribution in [0.3, 0.4) is 0 Å². The van der Waals surface area contributed by atoms with E-state index in [0.29, 0.717) is 46.9 Å². The van der Waals surface area contributed by atoms with E-state index in [0.717, 1.165) is 32.4 Å². The predicted octanol–water partition coefficient (Wildman–Crippen LogP) is 3.60. The van der Waals surface area contributed by atoms with Crippen molar-refractivity contribution in [1.29, 1.82) is 5.26 Å². The summed E-state index contributed by atoms with van der Waals surface area (Å²) in [5, 5.41) is 12.3. The number of allylic oxidation sites excluding steroid dienone is 1. The summed E-state index contributed by atoms with van der Waals surface area (Å²) in [5.41, 5.74) is 3.52. The quantitative estimate of drug-likeness (QED) is 0.689. The van der Waals surface area contributed by atoms with Crippen LogP contribution in [0.1, 0.15) is 36.0 Å². The van der Waals surface area contributed by atoms with E-state index in [-0.39, 0.29) is 18.4 Å². The molecular formula is C24H25Cl2N5O2. The number of carbonyl (C=O) groups is 2. The molecular weight excluding hydrogens is 461 g/mol. The number of nitriles is 1. The smallest absolute Gasteiger partial charge is 0.251 e. The molecule has 1 atom stereocenters. The third kappa shape index (κ3) is 5.64. The Hall–Kier alpha value is -2.66. The molecule has 1 N–H and O–H groups in total. The SMILES string of the molecule is N#CC1=NC=C(C2=CCN(C3CCN(C(=O)CNC(=O)c4ccc(Cl)c(Cl)c4)C3)CC2)CC1. The van der Waals surface area contributed by atoms with Crippen LogP contribution in [0.25, 0.3) is 0 Å². The summed E-state index contributed by atoms with van der Waals surface area (Å²) < 4.78 is 0. The Kier molecular flexibility index (Phi) is 7.49. The lowest BCUT2D eigenvalue weighted by molar-refractivity contribution is -0.129. The third-order valence-corrected chi connectivity index (χ3v) is 7.14. The van der Waals surface area contributed by atoms with E-state index in [1.807, 2.05) is 11.1 Å². The molecule has 9 heteroatoms. The summed E-state index contributed by atoms with van der Waals surface area (Å²) >= 11 is 11.8. The number of carbonyl (C=O) groups excluding carboxylic acids is 2. The molecule has 0 radical (unpaired) electrons. The number of hydrogen-bond acceptors (Lipinski definition) is 5. The molecule has 0 saturated carbocycles. The number of nitrogens with one attached hydrogen (secondary N) is 1. The third-order valence-electron chi connectivity index (χ3n) is 6.40. The minimum atomic E-state index is -0.352. The number of nitrogens with zero attached hydrogens (tertiary/aromatic N) is 4. The Labute approximate surface area is 203 Å². The molecule has 1 unspecified atom stereocenters. The summed E-state index contributed by atoms with van der Waals surface area (Å²) in [4.78, 5) is 33.4. The zero-order valence-corrected chi connectivity index (χ0v) is 19.7. The van der Waals surface area contributed by atoms with Gasteiger partial charge in [-0.3, -0.25) is 14.5 Å². The van der Waals surface area contributed by atoms with E-state index < -0.39 is 0 Å². The number of aliphatic imine (C=N–C) groups is 1. The lowest BCUT2D eigenvalue weighted by Crippen LogP contribution is -2.43. The lowest BCUT2D eigenvalue weighted by atomic mass is 9.93. The van der Waals surface area contributed by atoms with Crippen LogP contribution in [0.2, 0.25) is 10.0 Å². The number of halogens is 2. The van der Waals surface area contributed by atoms with Gasteiger partial charge in [0.05, 0.1) is 16.6 Å². The average Bonchev–Trinajstić information content (AvgIpc) is 3.35. The molecule has 1 saturated heterocycles. The van der Waals surface area contributed by atoms with Gasteiger partial charge >= 0.3 is 0 Å². The topological polar surface area (TPSA) is 88.8 Å². The van der Waals surface area contributed by atoms with Crippen molar-refractivity contribution in [2.24, 2.45) is 4.99 Å². The number of benzene rings is 1. The van der Waals surface area contributed by atoms with Gasteiger partial charge in [0, 0.05) is 50.4 Å². The first-order valence-corrected chi connectivity index (χ1v) is 11.8. The van der Waals surface area contributed by atoms with E-state index in [1.165, 1.54) is 17.2 Å². The predicted molar refractivity (Wildman–Crippen MR) is 128 cm³/mol. The van der Waals surface area contributed by atoms with E-state index in [1.54, 1.807) is 12.1 Å². The Morgan fingerprint density at radius 1 is 1.15 bits per heavy atom. The maximum Gasteiger partial charge on any atom is 0.251 e. The Bertz CT molecular complexity index is 1090. The molecule has 0 spiro atoms. The van der Waals surface area contributed by atoms with Gasteiger partial charge in [-0.2, -0.15) is 5.26 Å². The molecule has 3 aliphatic heterocycles. The van der Waals surface area contributed by atoms with Crippen LogP contribution in [0.15, 0.2) is 46.6 Å². The standard InChI is InChI=1S/C24H25Cl2N5O2/c25-21-4-2-17(11-22(21)26)24(33)29-14-23(32)31-10-7-20(15-31)30-8-5-16(6-9-30)18-1-3-19(12-27)28-13-18/h2,4-5,11,13,20H,1,3,6-10,14-15H2,(H,29,33). The maximum absolute atomic E-state index is 12.6. The fraction of sp³-hybridized carbons (Fsp3) is 0.417. The largest absolute Gasteiger partial charge is 0.343 e. The van der Waals surface area contributed by atoms with Gasteiger partial charge in [-0.25, -0.2) is 4.99 Å². The maximum atomic E-state index is 12.6. The number of hydrogen-bond donors (Lipinski definition) is 1. The molecule has 3 heterocycles. The highest BCUT2D eigenvalue weighted by Gasteiger charge is 2.31. The summed E-state index contributed by atoms with van der Waals surface area (Å²) in [6, 6.07) is 7.08. The fourth-order valence-corrected chi connectivity index (χ4v) is 4.75. The molecule has 2 amide bonds. The summed E-state index contributed by atoms with van der Waals surface area (Å²) in [5.74, 6) is -0.438. The normalized spacial score (nSPS) is 21.1. The van der Waals surface area contributed by atoms with Crippen LogP contribution < -0.4 is 5.32 Å². The van der Waals surface area contributed by atoms with Gasteiger partial charge in [0.25, 0.3) is 5.91 Å². The van der Waals surface area contributed by atoms with Crippen molar-refractivity contribution in [3.63, 3.8) is 0 Å². The highest BCUT2D eigenvalue weighted by Crippen LogP contribution is 2.28. The van der Waals surface area contributed by atoms with E-state index in [2.05, 4.69) is 27.4 Å². The van der Waals surface area contributed by atoms with Gasteiger partial charge < -0.3 is 10.2 Å².